The predicted octanol–water partition coefficient (Wildman–Crippen LogP) is 4.03. The van der Waals surface area contributed by atoms with Crippen molar-refractivity contribution in [1.29, 1.82) is 0 Å². The second-order valence-corrected chi connectivity index (χ2v) is 4.83. The third-order valence-electron chi connectivity index (χ3n) is 2.59. The topological polar surface area (TPSA) is 38.3 Å². The molecule has 0 aliphatic carbocycles. The zero-order chi connectivity index (χ0) is 15.9. The SMILES string of the molecule is C=CC[C@H](Cl)[C@@H](NC(=O)OCc1ccccc1)C(F)(F)F. The number of rotatable bonds is 6. The van der Waals surface area contributed by atoms with E-state index in [-0.39, 0.29) is 13.0 Å². The summed E-state index contributed by atoms with van der Waals surface area (Å²) in [6.07, 6.45) is -4.67. The predicted molar refractivity (Wildman–Crippen MR) is 74.1 cm³/mol. The van der Waals surface area contributed by atoms with Crippen LogP contribution in [0.2, 0.25) is 0 Å². The van der Waals surface area contributed by atoms with Crippen molar-refractivity contribution in [3.63, 3.8) is 0 Å². The summed E-state index contributed by atoms with van der Waals surface area (Å²) in [7, 11) is 0. The number of allylic oxidation sites excluding steroid dienone is 1. The van der Waals surface area contributed by atoms with E-state index in [1.165, 1.54) is 6.08 Å². The zero-order valence-corrected chi connectivity index (χ0v) is 11.8. The first-order chi connectivity index (χ1) is 9.84. The maximum atomic E-state index is 12.8. The Morgan fingerprint density at radius 3 is 2.52 bits per heavy atom. The average molecular weight is 322 g/mol. The first-order valence-corrected chi connectivity index (χ1v) is 6.57. The minimum Gasteiger partial charge on any atom is -0.445 e. The van der Waals surface area contributed by atoms with Crippen LogP contribution >= 0.6 is 11.6 Å². The molecule has 1 aromatic rings. The van der Waals surface area contributed by atoms with Gasteiger partial charge in [-0.05, 0) is 12.0 Å². The van der Waals surface area contributed by atoms with Crippen LogP contribution in [0.15, 0.2) is 43.0 Å². The maximum Gasteiger partial charge on any atom is 0.410 e. The third-order valence-corrected chi connectivity index (χ3v) is 3.02. The minimum absolute atomic E-state index is 0.0926. The molecule has 0 saturated carbocycles. The lowest BCUT2D eigenvalue weighted by Crippen LogP contribution is -2.51. The lowest BCUT2D eigenvalue weighted by Gasteiger charge is -2.24. The van der Waals surface area contributed by atoms with E-state index in [1.54, 1.807) is 35.6 Å². The summed E-state index contributed by atoms with van der Waals surface area (Å²) >= 11 is 5.63. The van der Waals surface area contributed by atoms with Crippen LogP contribution in [0.3, 0.4) is 0 Å². The molecule has 1 amide bonds. The molecule has 1 rings (SSSR count). The number of hydrogen-bond acceptors (Lipinski definition) is 2. The molecule has 1 N–H and O–H groups in total. The Morgan fingerprint density at radius 1 is 1.38 bits per heavy atom. The molecule has 7 heteroatoms. The lowest BCUT2D eigenvalue weighted by molar-refractivity contribution is -0.154. The van der Waals surface area contributed by atoms with Crippen molar-refractivity contribution in [3.8, 4) is 0 Å². The highest BCUT2D eigenvalue weighted by molar-refractivity contribution is 6.21. The molecule has 0 radical (unpaired) electrons. The number of alkyl halides is 4. The second-order valence-electron chi connectivity index (χ2n) is 4.27. The van der Waals surface area contributed by atoms with Gasteiger partial charge in [-0.1, -0.05) is 36.4 Å². The molecule has 0 unspecified atom stereocenters. The Bertz CT molecular complexity index is 465. The van der Waals surface area contributed by atoms with Gasteiger partial charge in [0, 0.05) is 0 Å². The Balaban J connectivity index is 2.58. The first kappa shape index (κ1) is 17.4. The van der Waals surface area contributed by atoms with Crippen molar-refractivity contribution in [2.45, 2.75) is 30.6 Å². The fourth-order valence-corrected chi connectivity index (χ4v) is 1.90. The average Bonchev–Trinajstić information content (AvgIpc) is 2.42. The van der Waals surface area contributed by atoms with E-state index in [9.17, 15) is 18.0 Å². The summed E-state index contributed by atoms with van der Waals surface area (Å²) in [5.74, 6) is 0. The van der Waals surface area contributed by atoms with Crippen molar-refractivity contribution in [3.05, 3.63) is 48.6 Å². The Kier molecular flexibility index (Phi) is 6.55. The molecule has 0 aliphatic heterocycles. The van der Waals surface area contributed by atoms with Crippen LogP contribution in [0.25, 0.3) is 0 Å². The van der Waals surface area contributed by atoms with Crippen molar-refractivity contribution >= 4 is 17.7 Å². The summed E-state index contributed by atoms with van der Waals surface area (Å²) in [4.78, 5) is 11.5. The van der Waals surface area contributed by atoms with Crippen LogP contribution < -0.4 is 5.32 Å². The Labute approximate surface area is 125 Å². The highest BCUT2D eigenvalue weighted by atomic mass is 35.5. The molecule has 0 saturated heterocycles. The first-order valence-electron chi connectivity index (χ1n) is 6.13. The lowest BCUT2D eigenvalue weighted by atomic mass is 10.1. The molecule has 0 aliphatic rings. The smallest absolute Gasteiger partial charge is 0.410 e. The third kappa shape index (κ3) is 6.08. The highest BCUT2D eigenvalue weighted by Crippen LogP contribution is 2.27. The number of nitrogens with one attached hydrogen (secondary N) is 1. The van der Waals surface area contributed by atoms with Crippen LogP contribution in [-0.4, -0.2) is 23.7 Å². The minimum atomic E-state index is -4.67. The van der Waals surface area contributed by atoms with E-state index in [1.807, 2.05) is 0 Å². The van der Waals surface area contributed by atoms with E-state index in [0.717, 1.165) is 0 Å². The number of carbonyl (C=O) groups excluding carboxylic acids is 1. The molecule has 116 valence electrons. The maximum absolute atomic E-state index is 12.8. The van der Waals surface area contributed by atoms with Gasteiger partial charge in [0.2, 0.25) is 0 Å². The molecular weight excluding hydrogens is 307 g/mol. The van der Waals surface area contributed by atoms with Gasteiger partial charge < -0.3 is 10.1 Å². The molecule has 2 atom stereocenters. The second kappa shape index (κ2) is 7.93. The van der Waals surface area contributed by atoms with Crippen LogP contribution in [0.4, 0.5) is 18.0 Å². The largest absolute Gasteiger partial charge is 0.445 e. The Hall–Kier alpha value is -1.69. The summed E-state index contributed by atoms with van der Waals surface area (Å²) in [5.41, 5.74) is 0.671. The number of benzene rings is 1. The number of alkyl carbamates (subject to hydrolysis) is 1. The van der Waals surface area contributed by atoms with Gasteiger partial charge in [-0.25, -0.2) is 4.79 Å². The molecule has 3 nitrogen and oxygen atoms in total. The van der Waals surface area contributed by atoms with Crippen LogP contribution in [-0.2, 0) is 11.3 Å². The molecule has 0 spiro atoms. The summed E-state index contributed by atoms with van der Waals surface area (Å²) in [6.45, 7) is 3.21. The van der Waals surface area contributed by atoms with Crippen molar-refractivity contribution in [2.75, 3.05) is 0 Å². The van der Waals surface area contributed by atoms with E-state index >= 15 is 0 Å². The van der Waals surface area contributed by atoms with Crippen molar-refractivity contribution in [1.82, 2.24) is 5.32 Å². The van der Waals surface area contributed by atoms with E-state index in [2.05, 4.69) is 6.58 Å². The van der Waals surface area contributed by atoms with Gasteiger partial charge in [0.25, 0.3) is 0 Å². The van der Waals surface area contributed by atoms with Gasteiger partial charge in [-0.3, -0.25) is 0 Å². The van der Waals surface area contributed by atoms with E-state index in [4.69, 9.17) is 16.3 Å². The zero-order valence-electron chi connectivity index (χ0n) is 11.1. The molecule has 21 heavy (non-hydrogen) atoms. The van der Waals surface area contributed by atoms with Crippen molar-refractivity contribution in [2.24, 2.45) is 0 Å². The number of ether oxygens (including phenoxy) is 1. The summed E-state index contributed by atoms with van der Waals surface area (Å²) < 4.78 is 43.2. The number of halogens is 4. The summed E-state index contributed by atoms with van der Waals surface area (Å²) in [6, 6.07) is 6.42. The van der Waals surface area contributed by atoms with Gasteiger partial charge in [0.05, 0.1) is 5.38 Å². The van der Waals surface area contributed by atoms with Crippen LogP contribution in [0.1, 0.15) is 12.0 Å². The van der Waals surface area contributed by atoms with Gasteiger partial charge >= 0.3 is 12.3 Å². The fourth-order valence-electron chi connectivity index (χ4n) is 1.56. The molecule has 0 aromatic heterocycles. The fraction of sp³-hybridized carbons (Fsp3) is 0.357. The quantitative estimate of drug-likeness (QED) is 0.634. The highest BCUT2D eigenvalue weighted by Gasteiger charge is 2.45. The van der Waals surface area contributed by atoms with Gasteiger partial charge in [0.15, 0.2) is 0 Å². The molecule has 0 fully saturated rings. The molecular formula is C14H15ClF3NO2. The van der Waals surface area contributed by atoms with Crippen LogP contribution in [0.5, 0.6) is 0 Å². The monoisotopic (exact) mass is 321 g/mol. The summed E-state index contributed by atoms with van der Waals surface area (Å²) in [5, 5.41) is 0.405. The van der Waals surface area contributed by atoms with Gasteiger partial charge in [0.1, 0.15) is 12.6 Å². The number of amides is 1. The van der Waals surface area contributed by atoms with E-state index in [0.29, 0.717) is 5.56 Å². The molecule has 0 heterocycles. The molecule has 1 aromatic carbocycles. The van der Waals surface area contributed by atoms with Crippen molar-refractivity contribution < 1.29 is 22.7 Å². The molecule has 0 bridgehead atoms. The number of hydrogen-bond donors (Lipinski definition) is 1. The van der Waals surface area contributed by atoms with Gasteiger partial charge in [-0.2, -0.15) is 13.2 Å². The van der Waals surface area contributed by atoms with E-state index < -0.39 is 23.7 Å². The normalized spacial score (nSPS) is 14.1. The number of carbonyl (C=O) groups is 1. The standard InChI is InChI=1S/C14H15ClF3NO2/c1-2-6-11(15)12(14(16,17)18)19-13(20)21-9-10-7-4-3-5-8-10/h2-5,7-8,11-12H,1,6,9H2,(H,19,20)/t11-,12+/m0/s1. The Morgan fingerprint density at radius 2 is 2.00 bits per heavy atom. The van der Waals surface area contributed by atoms with Crippen LogP contribution in [0, 0.1) is 0 Å². The van der Waals surface area contributed by atoms with Gasteiger partial charge in [-0.15, -0.1) is 18.2 Å².